The molecule has 0 fully saturated rings. The SMILES string of the molecule is CC(C)CC(CC(C)C)(C(N)=O)C(N)=O.O=C(O)C(F)(F)F. The van der Waals surface area contributed by atoms with E-state index in [4.69, 9.17) is 21.4 Å². The van der Waals surface area contributed by atoms with Gasteiger partial charge in [-0.2, -0.15) is 13.2 Å². The maximum atomic E-state index is 11.5. The molecule has 9 heteroatoms. The van der Waals surface area contributed by atoms with E-state index in [9.17, 15) is 22.8 Å². The minimum absolute atomic E-state index is 0.212. The third kappa shape index (κ3) is 7.84. The minimum Gasteiger partial charge on any atom is -0.475 e. The van der Waals surface area contributed by atoms with Crippen molar-refractivity contribution in [2.45, 2.75) is 46.7 Å². The summed E-state index contributed by atoms with van der Waals surface area (Å²) < 4.78 is 31.7. The largest absolute Gasteiger partial charge is 0.490 e. The van der Waals surface area contributed by atoms with Gasteiger partial charge in [-0.15, -0.1) is 0 Å². The van der Waals surface area contributed by atoms with Gasteiger partial charge in [0.05, 0.1) is 0 Å². The number of alkyl halides is 3. The van der Waals surface area contributed by atoms with E-state index >= 15 is 0 Å². The van der Waals surface area contributed by atoms with Gasteiger partial charge in [-0.05, 0) is 24.7 Å². The summed E-state index contributed by atoms with van der Waals surface area (Å²) in [5.74, 6) is -3.53. The lowest BCUT2D eigenvalue weighted by Crippen LogP contribution is -2.49. The molecule has 0 aromatic heterocycles. The molecule has 0 saturated heterocycles. The lowest BCUT2D eigenvalue weighted by Gasteiger charge is -2.30. The summed E-state index contributed by atoms with van der Waals surface area (Å²) in [5, 5.41) is 7.12. The van der Waals surface area contributed by atoms with E-state index in [2.05, 4.69) is 0 Å². The molecular formula is C13H23F3N2O4. The van der Waals surface area contributed by atoms with Gasteiger partial charge < -0.3 is 16.6 Å². The van der Waals surface area contributed by atoms with Gasteiger partial charge in [0.25, 0.3) is 0 Å². The first-order valence-electron chi connectivity index (χ1n) is 6.56. The highest BCUT2D eigenvalue weighted by Gasteiger charge is 2.43. The molecule has 130 valence electrons. The van der Waals surface area contributed by atoms with Gasteiger partial charge in [-0.3, -0.25) is 9.59 Å². The zero-order valence-corrected chi connectivity index (χ0v) is 13.0. The van der Waals surface area contributed by atoms with Crippen LogP contribution in [0.1, 0.15) is 40.5 Å². The number of carbonyl (C=O) groups is 3. The molecular weight excluding hydrogens is 305 g/mol. The molecule has 0 rings (SSSR count). The fourth-order valence-corrected chi connectivity index (χ4v) is 2.00. The highest BCUT2D eigenvalue weighted by molar-refractivity contribution is 6.03. The molecule has 0 saturated carbocycles. The van der Waals surface area contributed by atoms with Gasteiger partial charge in [-0.25, -0.2) is 4.79 Å². The number of halogens is 3. The van der Waals surface area contributed by atoms with E-state index < -0.39 is 29.4 Å². The van der Waals surface area contributed by atoms with E-state index in [1.165, 1.54) is 0 Å². The van der Waals surface area contributed by atoms with Gasteiger partial charge >= 0.3 is 12.1 Å². The summed E-state index contributed by atoms with van der Waals surface area (Å²) >= 11 is 0. The maximum Gasteiger partial charge on any atom is 0.490 e. The van der Waals surface area contributed by atoms with Gasteiger partial charge in [0.15, 0.2) is 0 Å². The molecule has 22 heavy (non-hydrogen) atoms. The van der Waals surface area contributed by atoms with Gasteiger partial charge in [-0.1, -0.05) is 27.7 Å². The Kier molecular flexibility index (Phi) is 8.78. The number of amides is 2. The molecule has 0 radical (unpaired) electrons. The van der Waals surface area contributed by atoms with Crippen LogP contribution in [0.15, 0.2) is 0 Å². The van der Waals surface area contributed by atoms with Crippen molar-refractivity contribution in [2.75, 3.05) is 0 Å². The second-order valence-corrected chi connectivity index (χ2v) is 5.81. The molecule has 2 amide bonds. The predicted octanol–water partition coefficient (Wildman–Crippen LogP) is 1.67. The molecule has 0 aromatic rings. The number of nitrogens with two attached hydrogens (primary N) is 2. The summed E-state index contributed by atoms with van der Waals surface area (Å²) in [7, 11) is 0. The molecule has 0 aliphatic rings. The van der Waals surface area contributed by atoms with Crippen LogP contribution < -0.4 is 11.5 Å². The first-order chi connectivity index (χ1) is 9.66. The number of hydrogen-bond donors (Lipinski definition) is 3. The molecule has 6 nitrogen and oxygen atoms in total. The van der Waals surface area contributed by atoms with Crippen molar-refractivity contribution in [1.29, 1.82) is 0 Å². The lowest BCUT2D eigenvalue weighted by molar-refractivity contribution is -0.192. The second-order valence-electron chi connectivity index (χ2n) is 5.81. The highest BCUT2D eigenvalue weighted by atomic mass is 19.4. The van der Waals surface area contributed by atoms with Crippen molar-refractivity contribution in [2.24, 2.45) is 28.7 Å². The minimum atomic E-state index is -5.08. The quantitative estimate of drug-likeness (QED) is 0.641. The molecule has 0 spiro atoms. The first kappa shape index (κ1) is 22.5. The van der Waals surface area contributed by atoms with Crippen LogP contribution in [0.2, 0.25) is 0 Å². The number of aliphatic carboxylic acids is 1. The summed E-state index contributed by atoms with van der Waals surface area (Å²) in [6, 6.07) is 0. The number of carboxylic acids is 1. The number of primary amides is 2. The van der Waals surface area contributed by atoms with Crippen LogP contribution in [-0.4, -0.2) is 29.1 Å². The summed E-state index contributed by atoms with van der Waals surface area (Å²) in [4.78, 5) is 31.8. The molecule has 0 unspecified atom stereocenters. The topological polar surface area (TPSA) is 123 Å². The smallest absolute Gasteiger partial charge is 0.475 e. The zero-order chi connectivity index (χ0) is 18.3. The fourth-order valence-electron chi connectivity index (χ4n) is 2.00. The number of hydrogen-bond acceptors (Lipinski definition) is 3. The third-order valence-electron chi connectivity index (χ3n) is 2.70. The van der Waals surface area contributed by atoms with Crippen molar-refractivity contribution < 1.29 is 32.7 Å². The number of carboxylic acid groups (broad SMARTS) is 1. The van der Waals surface area contributed by atoms with Gasteiger partial charge in [0.2, 0.25) is 11.8 Å². The Hall–Kier alpha value is -1.80. The summed E-state index contributed by atoms with van der Waals surface area (Å²) in [5.41, 5.74) is 9.48. The van der Waals surface area contributed by atoms with E-state index in [-0.39, 0.29) is 11.8 Å². The van der Waals surface area contributed by atoms with Gasteiger partial charge in [0, 0.05) is 0 Å². The zero-order valence-electron chi connectivity index (χ0n) is 13.0. The maximum absolute atomic E-state index is 11.5. The molecule has 5 N–H and O–H groups in total. The van der Waals surface area contributed by atoms with Crippen molar-refractivity contribution in [3.05, 3.63) is 0 Å². The van der Waals surface area contributed by atoms with Gasteiger partial charge in [0.1, 0.15) is 5.41 Å². The molecule has 0 bridgehead atoms. The Balaban J connectivity index is 0. The Morgan fingerprint density at radius 2 is 1.14 bits per heavy atom. The van der Waals surface area contributed by atoms with E-state index in [1.807, 2.05) is 27.7 Å². The van der Waals surface area contributed by atoms with Crippen molar-refractivity contribution >= 4 is 17.8 Å². The average molecular weight is 328 g/mol. The van der Waals surface area contributed by atoms with Crippen LogP contribution in [0.25, 0.3) is 0 Å². The Morgan fingerprint density at radius 3 is 1.23 bits per heavy atom. The van der Waals surface area contributed by atoms with Crippen LogP contribution in [0.4, 0.5) is 13.2 Å². The molecule has 0 atom stereocenters. The molecule has 0 aromatic carbocycles. The summed E-state index contributed by atoms with van der Waals surface area (Å²) in [6.45, 7) is 7.78. The second kappa shape index (κ2) is 8.60. The van der Waals surface area contributed by atoms with E-state index in [0.29, 0.717) is 12.8 Å². The van der Waals surface area contributed by atoms with Crippen LogP contribution in [0, 0.1) is 17.3 Å². The fraction of sp³-hybridized carbons (Fsp3) is 0.769. The van der Waals surface area contributed by atoms with Crippen molar-refractivity contribution in [3.63, 3.8) is 0 Å². The standard InChI is InChI=1S/C11H22N2O2.C2HF3O2/c1-7(2)5-11(9(12)14,10(13)15)6-8(3)4;3-2(4,5)1(6)7/h7-8H,5-6H2,1-4H3,(H2,12,14)(H2,13,15);(H,6,7). The Labute approximate surface area is 127 Å². The third-order valence-corrected chi connectivity index (χ3v) is 2.70. The molecule has 0 aliphatic heterocycles. The van der Waals surface area contributed by atoms with Crippen LogP contribution in [0.5, 0.6) is 0 Å². The summed E-state index contributed by atoms with van der Waals surface area (Å²) in [6.07, 6.45) is -4.23. The van der Waals surface area contributed by atoms with Crippen molar-refractivity contribution in [1.82, 2.24) is 0 Å². The Bertz CT molecular complexity index is 381. The number of rotatable bonds is 6. The Morgan fingerprint density at radius 1 is 0.909 bits per heavy atom. The average Bonchev–Trinajstić information content (AvgIpc) is 2.25. The highest BCUT2D eigenvalue weighted by Crippen LogP contribution is 2.33. The monoisotopic (exact) mass is 328 g/mol. The molecule has 0 heterocycles. The van der Waals surface area contributed by atoms with E-state index in [1.54, 1.807) is 0 Å². The number of carbonyl (C=O) groups excluding carboxylic acids is 2. The normalized spacial score (nSPS) is 11.9. The first-order valence-corrected chi connectivity index (χ1v) is 6.56. The predicted molar refractivity (Wildman–Crippen MR) is 73.4 cm³/mol. The van der Waals surface area contributed by atoms with Crippen LogP contribution in [-0.2, 0) is 14.4 Å². The van der Waals surface area contributed by atoms with Crippen molar-refractivity contribution in [3.8, 4) is 0 Å². The molecule has 0 aliphatic carbocycles. The lowest BCUT2D eigenvalue weighted by atomic mass is 9.73. The van der Waals surface area contributed by atoms with Crippen LogP contribution in [0.3, 0.4) is 0 Å². The van der Waals surface area contributed by atoms with E-state index in [0.717, 1.165) is 0 Å². The van der Waals surface area contributed by atoms with Crippen LogP contribution >= 0.6 is 0 Å².